The molecule has 0 saturated carbocycles. The van der Waals surface area contributed by atoms with Crippen LogP contribution < -0.4 is 14.8 Å². The minimum atomic E-state index is -0.0318. The van der Waals surface area contributed by atoms with Crippen molar-refractivity contribution in [3.05, 3.63) is 54.1 Å². The van der Waals surface area contributed by atoms with Crippen LogP contribution >= 0.6 is 11.8 Å². The average molecular weight is 331 g/mol. The first kappa shape index (κ1) is 17.2. The lowest BCUT2D eigenvalue weighted by Gasteiger charge is -2.11. The van der Waals surface area contributed by atoms with E-state index in [0.717, 1.165) is 11.5 Å². The Labute approximate surface area is 141 Å². The SMILES string of the molecule is CCOc1ccccc1NC(=O)CSCc1ccc(OC)cc1. The van der Waals surface area contributed by atoms with Crippen molar-refractivity contribution >= 4 is 23.4 Å². The number of ether oxygens (including phenoxy) is 2. The zero-order valence-corrected chi connectivity index (χ0v) is 14.2. The molecule has 2 aromatic carbocycles. The van der Waals surface area contributed by atoms with E-state index in [0.29, 0.717) is 23.8 Å². The molecule has 0 aliphatic rings. The highest BCUT2D eigenvalue weighted by Gasteiger charge is 2.07. The van der Waals surface area contributed by atoms with Gasteiger partial charge in [-0.2, -0.15) is 0 Å². The Bertz CT molecular complexity index is 628. The van der Waals surface area contributed by atoms with Gasteiger partial charge in [0.15, 0.2) is 0 Å². The first-order valence-electron chi connectivity index (χ1n) is 7.45. The van der Waals surface area contributed by atoms with E-state index < -0.39 is 0 Å². The Morgan fingerprint density at radius 1 is 1.13 bits per heavy atom. The minimum Gasteiger partial charge on any atom is -0.497 e. The van der Waals surface area contributed by atoms with Crippen LogP contribution in [0.25, 0.3) is 0 Å². The molecular weight excluding hydrogens is 310 g/mol. The summed E-state index contributed by atoms with van der Waals surface area (Å²) in [5, 5.41) is 2.90. The van der Waals surface area contributed by atoms with Gasteiger partial charge in [0.2, 0.25) is 5.91 Å². The van der Waals surface area contributed by atoms with Gasteiger partial charge in [-0.25, -0.2) is 0 Å². The van der Waals surface area contributed by atoms with Crippen LogP contribution in [0.15, 0.2) is 48.5 Å². The number of rotatable bonds is 8. The molecule has 0 aromatic heterocycles. The second-order valence-corrected chi connectivity index (χ2v) is 5.80. The average Bonchev–Trinajstić information content (AvgIpc) is 2.57. The van der Waals surface area contributed by atoms with E-state index in [9.17, 15) is 4.79 Å². The van der Waals surface area contributed by atoms with Crippen molar-refractivity contribution < 1.29 is 14.3 Å². The first-order chi connectivity index (χ1) is 11.2. The van der Waals surface area contributed by atoms with Crippen molar-refractivity contribution in [1.29, 1.82) is 0 Å². The second-order valence-electron chi connectivity index (χ2n) is 4.82. The first-order valence-corrected chi connectivity index (χ1v) is 8.60. The lowest BCUT2D eigenvalue weighted by atomic mass is 10.2. The van der Waals surface area contributed by atoms with Crippen molar-refractivity contribution in [2.75, 3.05) is 24.8 Å². The molecule has 2 aromatic rings. The Hall–Kier alpha value is -2.14. The van der Waals surface area contributed by atoms with Crippen molar-refractivity contribution in [2.24, 2.45) is 0 Å². The van der Waals surface area contributed by atoms with Crippen LogP contribution in [0.3, 0.4) is 0 Å². The fourth-order valence-electron chi connectivity index (χ4n) is 2.02. The smallest absolute Gasteiger partial charge is 0.234 e. The highest BCUT2D eigenvalue weighted by molar-refractivity contribution is 7.99. The van der Waals surface area contributed by atoms with Crippen molar-refractivity contribution in [3.8, 4) is 11.5 Å². The summed E-state index contributed by atoms with van der Waals surface area (Å²) in [4.78, 5) is 12.1. The number of carbonyl (C=O) groups is 1. The van der Waals surface area contributed by atoms with Crippen molar-refractivity contribution in [3.63, 3.8) is 0 Å². The summed E-state index contributed by atoms with van der Waals surface area (Å²) >= 11 is 1.57. The molecule has 0 spiro atoms. The molecule has 5 heteroatoms. The van der Waals surface area contributed by atoms with Crippen molar-refractivity contribution in [2.45, 2.75) is 12.7 Å². The van der Waals surface area contributed by atoms with E-state index in [1.54, 1.807) is 18.9 Å². The van der Waals surface area contributed by atoms with Crippen LogP contribution in [-0.4, -0.2) is 25.4 Å². The zero-order valence-electron chi connectivity index (χ0n) is 13.4. The fraction of sp³-hybridized carbons (Fsp3) is 0.278. The Kier molecular flexibility index (Phi) is 6.81. The molecule has 1 amide bonds. The van der Waals surface area contributed by atoms with E-state index >= 15 is 0 Å². The second kappa shape index (κ2) is 9.10. The fourth-order valence-corrected chi connectivity index (χ4v) is 2.81. The van der Waals surface area contributed by atoms with Gasteiger partial charge in [0.1, 0.15) is 11.5 Å². The molecule has 0 saturated heterocycles. The van der Waals surface area contributed by atoms with Gasteiger partial charge in [-0.3, -0.25) is 4.79 Å². The predicted octanol–water partition coefficient (Wildman–Crippen LogP) is 3.97. The number of nitrogens with one attached hydrogen (secondary N) is 1. The number of hydrogen-bond acceptors (Lipinski definition) is 4. The third-order valence-electron chi connectivity index (χ3n) is 3.12. The normalized spacial score (nSPS) is 10.2. The Morgan fingerprint density at radius 3 is 2.57 bits per heavy atom. The number of anilines is 1. The summed E-state index contributed by atoms with van der Waals surface area (Å²) in [5.74, 6) is 2.68. The van der Waals surface area contributed by atoms with E-state index in [-0.39, 0.29) is 5.91 Å². The summed E-state index contributed by atoms with van der Waals surface area (Å²) in [7, 11) is 1.65. The van der Waals surface area contributed by atoms with Gasteiger partial charge in [0, 0.05) is 5.75 Å². The van der Waals surface area contributed by atoms with Gasteiger partial charge in [-0.05, 0) is 36.8 Å². The lowest BCUT2D eigenvalue weighted by molar-refractivity contribution is -0.113. The van der Waals surface area contributed by atoms with Crippen LogP contribution in [0.4, 0.5) is 5.69 Å². The monoisotopic (exact) mass is 331 g/mol. The Morgan fingerprint density at radius 2 is 1.87 bits per heavy atom. The van der Waals surface area contributed by atoms with Gasteiger partial charge >= 0.3 is 0 Å². The molecule has 0 aliphatic heterocycles. The summed E-state index contributed by atoms with van der Waals surface area (Å²) in [5.41, 5.74) is 1.88. The molecule has 0 aliphatic carbocycles. The Balaban J connectivity index is 1.81. The van der Waals surface area contributed by atoms with Gasteiger partial charge in [0.25, 0.3) is 0 Å². The molecule has 2 rings (SSSR count). The largest absolute Gasteiger partial charge is 0.497 e. The number of hydrogen-bond donors (Lipinski definition) is 1. The molecule has 0 unspecified atom stereocenters. The maximum atomic E-state index is 12.1. The van der Waals surface area contributed by atoms with E-state index in [1.807, 2.05) is 55.5 Å². The quantitative estimate of drug-likeness (QED) is 0.795. The van der Waals surface area contributed by atoms with Crippen LogP contribution in [0.5, 0.6) is 11.5 Å². The number of carbonyl (C=O) groups excluding carboxylic acids is 1. The van der Waals surface area contributed by atoms with E-state index in [1.165, 1.54) is 5.56 Å². The molecule has 1 N–H and O–H groups in total. The molecule has 23 heavy (non-hydrogen) atoms. The van der Waals surface area contributed by atoms with Crippen LogP contribution in [0.1, 0.15) is 12.5 Å². The summed E-state index contributed by atoms with van der Waals surface area (Å²) < 4.78 is 10.6. The maximum absolute atomic E-state index is 12.1. The summed E-state index contributed by atoms with van der Waals surface area (Å²) in [6.45, 7) is 2.49. The number of para-hydroxylation sites is 2. The maximum Gasteiger partial charge on any atom is 0.234 e. The van der Waals surface area contributed by atoms with E-state index in [4.69, 9.17) is 9.47 Å². The number of amides is 1. The van der Waals surface area contributed by atoms with Crippen LogP contribution in [0.2, 0.25) is 0 Å². The highest BCUT2D eigenvalue weighted by atomic mass is 32.2. The van der Waals surface area contributed by atoms with Crippen LogP contribution in [-0.2, 0) is 10.5 Å². The number of benzene rings is 2. The molecule has 0 fully saturated rings. The number of methoxy groups -OCH3 is 1. The molecular formula is C18H21NO3S. The zero-order chi connectivity index (χ0) is 16.5. The van der Waals surface area contributed by atoms with Crippen molar-refractivity contribution in [1.82, 2.24) is 0 Å². The molecule has 0 bridgehead atoms. The van der Waals surface area contributed by atoms with Gasteiger partial charge in [0.05, 0.1) is 25.2 Å². The standard InChI is InChI=1S/C18H21NO3S/c1-3-22-17-7-5-4-6-16(17)19-18(20)13-23-12-14-8-10-15(21-2)11-9-14/h4-11H,3,12-13H2,1-2H3,(H,19,20). The van der Waals surface area contributed by atoms with Gasteiger partial charge in [-0.1, -0.05) is 24.3 Å². The topological polar surface area (TPSA) is 47.6 Å². The third-order valence-corrected chi connectivity index (χ3v) is 4.13. The highest BCUT2D eigenvalue weighted by Crippen LogP contribution is 2.24. The van der Waals surface area contributed by atoms with E-state index in [2.05, 4.69) is 5.32 Å². The summed E-state index contributed by atoms with van der Waals surface area (Å²) in [6.07, 6.45) is 0. The predicted molar refractivity (Wildman–Crippen MR) is 95.4 cm³/mol. The molecule has 122 valence electrons. The van der Waals surface area contributed by atoms with Gasteiger partial charge < -0.3 is 14.8 Å². The molecule has 4 nitrogen and oxygen atoms in total. The number of thioether (sulfide) groups is 1. The third kappa shape index (κ3) is 5.53. The minimum absolute atomic E-state index is 0.0318. The summed E-state index contributed by atoms with van der Waals surface area (Å²) in [6, 6.07) is 15.3. The molecule has 0 atom stereocenters. The van der Waals surface area contributed by atoms with Crippen LogP contribution in [0, 0.1) is 0 Å². The molecule has 0 heterocycles. The lowest BCUT2D eigenvalue weighted by Crippen LogP contribution is -2.15. The molecule has 0 radical (unpaired) electrons. The van der Waals surface area contributed by atoms with Gasteiger partial charge in [-0.15, -0.1) is 11.8 Å².